The molecular weight excluding hydrogens is 252 g/mol. The van der Waals surface area contributed by atoms with Crippen molar-refractivity contribution in [1.29, 1.82) is 0 Å². The Kier molecular flexibility index (Phi) is 3.01. The van der Waals surface area contributed by atoms with Gasteiger partial charge in [0.15, 0.2) is 0 Å². The van der Waals surface area contributed by atoms with Crippen LogP contribution in [0.1, 0.15) is 15.9 Å². The van der Waals surface area contributed by atoms with Gasteiger partial charge in [-0.1, -0.05) is 6.07 Å². The quantitative estimate of drug-likeness (QED) is 0.352. The molecule has 0 radical (unpaired) electrons. The van der Waals surface area contributed by atoms with E-state index >= 15 is 0 Å². The Morgan fingerprint density at radius 3 is 2.63 bits per heavy atom. The van der Waals surface area contributed by atoms with E-state index in [9.17, 15) is 19.5 Å². The third kappa shape index (κ3) is 2.28. The normalized spacial score (nSPS) is 13.6. The van der Waals surface area contributed by atoms with E-state index in [2.05, 4.69) is 15.3 Å². The highest BCUT2D eigenvalue weighted by molar-refractivity contribution is 6.33. The Morgan fingerprint density at radius 2 is 2.11 bits per heavy atom. The highest BCUT2D eigenvalue weighted by Gasteiger charge is 2.23. The van der Waals surface area contributed by atoms with Crippen LogP contribution < -0.4 is 5.32 Å². The minimum atomic E-state index is -0.938. The van der Waals surface area contributed by atoms with Gasteiger partial charge in [-0.2, -0.15) is 0 Å². The average molecular weight is 258 g/mol. The molecule has 2 N–H and O–H groups in total. The van der Waals surface area contributed by atoms with E-state index in [4.69, 9.17) is 5.53 Å². The summed E-state index contributed by atoms with van der Waals surface area (Å²) in [7, 11) is 0. The van der Waals surface area contributed by atoms with Gasteiger partial charge in [0.1, 0.15) is 5.75 Å². The van der Waals surface area contributed by atoms with E-state index in [1.165, 1.54) is 12.1 Å². The van der Waals surface area contributed by atoms with Crippen molar-refractivity contribution in [2.24, 2.45) is 5.11 Å². The first kappa shape index (κ1) is 12.3. The van der Waals surface area contributed by atoms with Crippen molar-refractivity contribution in [3.63, 3.8) is 0 Å². The number of phenolic OH excluding ortho intramolecular Hbond substituents is 1. The van der Waals surface area contributed by atoms with Crippen molar-refractivity contribution in [1.82, 2.24) is 5.32 Å². The minimum Gasteiger partial charge on any atom is -0.507 e. The summed E-state index contributed by atoms with van der Waals surface area (Å²) in [4.78, 5) is 36.0. The van der Waals surface area contributed by atoms with Crippen LogP contribution in [0, 0.1) is 0 Å². The predicted octanol–water partition coefficient (Wildman–Crippen LogP) is 0.883. The number of hydrogen-bond acceptors (Lipinski definition) is 4. The number of carbonyl (C=O) groups is 3. The van der Waals surface area contributed by atoms with Gasteiger partial charge in [0.05, 0.1) is 11.1 Å². The first-order valence-corrected chi connectivity index (χ1v) is 5.02. The second-order valence-electron chi connectivity index (χ2n) is 3.60. The lowest BCUT2D eigenvalue weighted by atomic mass is 10.0. The summed E-state index contributed by atoms with van der Waals surface area (Å²) in [5.74, 6) is -2.51. The van der Waals surface area contributed by atoms with Crippen molar-refractivity contribution in [3.8, 4) is 5.75 Å². The molecular formula is C11H6N4O4. The second-order valence-corrected chi connectivity index (χ2v) is 3.60. The van der Waals surface area contributed by atoms with Gasteiger partial charge in [0.2, 0.25) is 0 Å². The molecule has 19 heavy (non-hydrogen) atoms. The topological polar surface area (TPSA) is 132 Å². The molecule has 1 heterocycles. The molecule has 3 amide bonds. The Morgan fingerprint density at radius 1 is 1.37 bits per heavy atom. The van der Waals surface area contributed by atoms with Gasteiger partial charge in [-0.3, -0.25) is 19.7 Å². The fraction of sp³-hybridized carbons (Fsp3) is 0. The SMILES string of the molecule is [N-]=[N+]=NC(=O)c1ccc(C2=CC(=O)NC2=O)cc1O. The van der Waals surface area contributed by atoms with Crippen LogP contribution in [0.4, 0.5) is 0 Å². The zero-order valence-electron chi connectivity index (χ0n) is 9.32. The fourth-order valence-corrected chi connectivity index (χ4v) is 1.60. The summed E-state index contributed by atoms with van der Waals surface area (Å²) < 4.78 is 0. The number of aromatic hydroxyl groups is 1. The molecule has 1 aromatic rings. The molecule has 8 heteroatoms. The van der Waals surface area contributed by atoms with E-state index in [0.717, 1.165) is 12.1 Å². The smallest absolute Gasteiger partial charge is 0.258 e. The molecule has 94 valence electrons. The maximum Gasteiger partial charge on any atom is 0.258 e. The van der Waals surface area contributed by atoms with Crippen molar-refractivity contribution in [3.05, 3.63) is 45.8 Å². The van der Waals surface area contributed by atoms with Crippen molar-refractivity contribution in [2.75, 3.05) is 0 Å². The Balaban J connectivity index is 2.42. The van der Waals surface area contributed by atoms with E-state index in [-0.39, 0.29) is 16.7 Å². The highest BCUT2D eigenvalue weighted by atomic mass is 16.3. The molecule has 1 aliphatic rings. The highest BCUT2D eigenvalue weighted by Crippen LogP contribution is 2.25. The van der Waals surface area contributed by atoms with Crippen LogP contribution in [0.5, 0.6) is 5.75 Å². The molecule has 0 fully saturated rings. The second kappa shape index (κ2) is 4.63. The molecule has 0 aliphatic carbocycles. The summed E-state index contributed by atoms with van der Waals surface area (Å²) in [6.07, 6.45) is 1.09. The molecule has 0 atom stereocenters. The summed E-state index contributed by atoms with van der Waals surface area (Å²) in [5, 5.41) is 14.6. The Bertz CT molecular complexity index is 686. The predicted molar refractivity (Wildman–Crippen MR) is 62.7 cm³/mol. The third-order valence-corrected chi connectivity index (χ3v) is 2.43. The van der Waals surface area contributed by atoms with E-state index in [1.54, 1.807) is 0 Å². The lowest BCUT2D eigenvalue weighted by Gasteiger charge is -2.04. The first-order valence-electron chi connectivity index (χ1n) is 5.02. The summed E-state index contributed by atoms with van der Waals surface area (Å²) in [5.41, 5.74) is 8.31. The number of hydrogen-bond donors (Lipinski definition) is 2. The van der Waals surface area contributed by atoms with Gasteiger partial charge in [-0.15, -0.1) is 0 Å². The minimum absolute atomic E-state index is 0.0862. The summed E-state index contributed by atoms with van der Waals surface area (Å²) >= 11 is 0. The number of amides is 3. The molecule has 0 spiro atoms. The zero-order valence-corrected chi connectivity index (χ0v) is 9.32. The Labute approximate surface area is 106 Å². The Hall–Kier alpha value is -3.12. The molecule has 0 unspecified atom stereocenters. The van der Waals surface area contributed by atoms with Gasteiger partial charge in [-0.05, 0) is 28.3 Å². The third-order valence-electron chi connectivity index (χ3n) is 2.43. The van der Waals surface area contributed by atoms with E-state index in [0.29, 0.717) is 0 Å². The number of imide groups is 1. The lowest BCUT2D eigenvalue weighted by molar-refractivity contribution is -0.123. The van der Waals surface area contributed by atoms with Crippen molar-refractivity contribution in [2.45, 2.75) is 0 Å². The molecule has 8 nitrogen and oxygen atoms in total. The van der Waals surface area contributed by atoms with Crippen LogP contribution in [0.2, 0.25) is 0 Å². The van der Waals surface area contributed by atoms with E-state index < -0.39 is 23.5 Å². The van der Waals surface area contributed by atoms with Crippen LogP contribution in [0.15, 0.2) is 29.4 Å². The average Bonchev–Trinajstić information content (AvgIpc) is 2.68. The van der Waals surface area contributed by atoms with Gasteiger partial charge < -0.3 is 5.11 Å². The van der Waals surface area contributed by atoms with Crippen LogP contribution in [0.25, 0.3) is 16.0 Å². The zero-order chi connectivity index (χ0) is 14.0. The van der Waals surface area contributed by atoms with Crippen molar-refractivity contribution < 1.29 is 19.5 Å². The molecule has 2 rings (SSSR count). The van der Waals surface area contributed by atoms with E-state index in [1.807, 2.05) is 0 Å². The number of rotatable bonds is 2. The maximum absolute atomic E-state index is 11.4. The molecule has 0 saturated carbocycles. The number of benzene rings is 1. The van der Waals surface area contributed by atoms with Gasteiger partial charge >= 0.3 is 0 Å². The molecule has 0 aromatic heterocycles. The van der Waals surface area contributed by atoms with Gasteiger partial charge in [0.25, 0.3) is 17.7 Å². The molecule has 0 bridgehead atoms. The number of carbonyl (C=O) groups excluding carboxylic acids is 3. The van der Waals surface area contributed by atoms with Crippen LogP contribution >= 0.6 is 0 Å². The number of azide groups is 1. The summed E-state index contributed by atoms with van der Waals surface area (Å²) in [6, 6.07) is 3.71. The van der Waals surface area contributed by atoms with Crippen molar-refractivity contribution >= 4 is 23.3 Å². The summed E-state index contributed by atoms with van der Waals surface area (Å²) in [6.45, 7) is 0. The number of phenols is 1. The number of nitrogens with one attached hydrogen (secondary N) is 1. The van der Waals surface area contributed by atoms with Gasteiger partial charge in [0, 0.05) is 11.0 Å². The molecule has 0 saturated heterocycles. The monoisotopic (exact) mass is 258 g/mol. The first-order chi connectivity index (χ1) is 9.02. The molecule has 1 aliphatic heterocycles. The molecule has 1 aromatic carbocycles. The van der Waals surface area contributed by atoms with Crippen LogP contribution in [-0.2, 0) is 9.59 Å². The van der Waals surface area contributed by atoms with Gasteiger partial charge in [-0.25, -0.2) is 0 Å². The van der Waals surface area contributed by atoms with Crippen LogP contribution in [-0.4, -0.2) is 22.8 Å². The lowest BCUT2D eigenvalue weighted by Crippen LogP contribution is -2.21. The fourth-order valence-electron chi connectivity index (χ4n) is 1.60. The maximum atomic E-state index is 11.4. The number of nitrogens with zero attached hydrogens (tertiary/aromatic N) is 3. The standard InChI is InChI=1S/C11H6N4O4/c12-15-14-11(19)6-2-1-5(3-8(6)16)7-4-9(17)13-10(7)18/h1-4,16H,(H,13,17,18). The largest absolute Gasteiger partial charge is 0.507 e. The van der Waals surface area contributed by atoms with Crippen LogP contribution in [0.3, 0.4) is 0 Å².